The van der Waals surface area contributed by atoms with Crippen molar-refractivity contribution in [3.05, 3.63) is 59.0 Å². The highest BCUT2D eigenvalue weighted by molar-refractivity contribution is 7.16. The van der Waals surface area contributed by atoms with Crippen molar-refractivity contribution < 1.29 is 24.2 Å². The molecule has 0 bridgehead atoms. The Morgan fingerprint density at radius 1 is 1.10 bits per heavy atom. The van der Waals surface area contributed by atoms with Crippen LogP contribution in [0.25, 0.3) is 11.3 Å². The van der Waals surface area contributed by atoms with Gasteiger partial charge in [0.05, 0.1) is 25.0 Å². The number of esters is 1. The Hall–Kier alpha value is -3.39. The second-order valence-corrected chi connectivity index (χ2v) is 7.07. The summed E-state index contributed by atoms with van der Waals surface area (Å²) >= 11 is 1.24. The smallest absolute Gasteiger partial charge is 0.337 e. The number of methoxy groups -OCH3 is 1. The molecule has 0 radical (unpaired) electrons. The van der Waals surface area contributed by atoms with Crippen LogP contribution in [0.15, 0.2) is 48.5 Å². The van der Waals surface area contributed by atoms with E-state index in [0.29, 0.717) is 33.6 Å². The Kier molecular flexibility index (Phi) is 6.46. The van der Waals surface area contributed by atoms with Gasteiger partial charge in [0.1, 0.15) is 5.75 Å². The molecule has 0 aliphatic rings. The van der Waals surface area contributed by atoms with E-state index in [2.05, 4.69) is 15.0 Å². The van der Waals surface area contributed by atoms with Crippen LogP contribution in [0.1, 0.15) is 22.2 Å². The number of carboxylic acid groups (broad SMARTS) is 1. The quantitative estimate of drug-likeness (QED) is 0.569. The maximum Gasteiger partial charge on any atom is 0.337 e. The number of nitrogens with zero attached hydrogens (tertiary/aromatic N) is 1. The Morgan fingerprint density at radius 3 is 2.38 bits per heavy atom. The van der Waals surface area contributed by atoms with Gasteiger partial charge in [-0.3, -0.25) is 0 Å². The number of aromatic nitrogens is 1. The Labute approximate surface area is 171 Å². The van der Waals surface area contributed by atoms with E-state index in [-0.39, 0.29) is 6.42 Å². The Balaban J connectivity index is 1.86. The number of nitrogens with one attached hydrogen (secondary N) is 1. The summed E-state index contributed by atoms with van der Waals surface area (Å²) in [6.07, 6.45) is -0.233. The first kappa shape index (κ1) is 20.3. The summed E-state index contributed by atoms with van der Waals surface area (Å²) in [6, 6.07) is 14.0. The first-order valence-electron chi connectivity index (χ1n) is 8.88. The fraction of sp³-hybridized carbons (Fsp3) is 0.190. The second kappa shape index (κ2) is 9.20. The van der Waals surface area contributed by atoms with Crippen LogP contribution in [0.4, 0.5) is 10.8 Å². The molecule has 0 aliphatic heterocycles. The normalized spacial score (nSPS) is 10.4. The molecule has 0 unspecified atom stereocenters. The average Bonchev–Trinajstić information content (AvgIpc) is 3.10. The van der Waals surface area contributed by atoms with Crippen LogP contribution in [-0.2, 0) is 16.0 Å². The number of carbonyl (C=O) groups is 2. The molecule has 0 aliphatic carbocycles. The zero-order valence-corrected chi connectivity index (χ0v) is 16.7. The van der Waals surface area contributed by atoms with Crippen LogP contribution in [-0.4, -0.2) is 30.6 Å². The van der Waals surface area contributed by atoms with Gasteiger partial charge in [0.25, 0.3) is 0 Å². The van der Waals surface area contributed by atoms with Crippen molar-refractivity contribution >= 4 is 34.1 Å². The molecule has 150 valence electrons. The number of hydrogen-bond donors (Lipinski definition) is 1. The van der Waals surface area contributed by atoms with Crippen molar-refractivity contribution in [1.82, 2.24) is 4.98 Å². The van der Waals surface area contributed by atoms with Gasteiger partial charge in [-0.25, -0.2) is 9.78 Å². The van der Waals surface area contributed by atoms with E-state index < -0.39 is 11.9 Å². The lowest BCUT2D eigenvalue weighted by atomic mass is 10.1. The van der Waals surface area contributed by atoms with E-state index in [1.54, 1.807) is 24.3 Å². The fourth-order valence-electron chi connectivity index (χ4n) is 2.69. The summed E-state index contributed by atoms with van der Waals surface area (Å²) in [7, 11) is 1.32. The first-order valence-corrected chi connectivity index (χ1v) is 9.70. The summed E-state index contributed by atoms with van der Waals surface area (Å²) in [5.74, 6) is -0.855. The monoisotopic (exact) mass is 411 g/mol. The van der Waals surface area contributed by atoms with Gasteiger partial charge in [-0.05, 0) is 55.5 Å². The van der Waals surface area contributed by atoms with Crippen molar-refractivity contribution in [2.45, 2.75) is 13.3 Å². The summed E-state index contributed by atoms with van der Waals surface area (Å²) in [5.41, 5.74) is 2.51. The standard InChI is InChI=1S/C21H20N2O5S/c1-3-28-16-10-6-13(7-11-16)19-17(12-18(24)25)29-21(23-19)22-15-8-4-14(5-9-15)20(26)27-2/h4-11H,3,12H2,1-2H3,(H,22,23)(H,24,25)/p-1. The molecule has 3 aromatic rings. The average molecular weight is 411 g/mol. The Bertz CT molecular complexity index is 997. The van der Waals surface area contributed by atoms with Crippen LogP contribution in [0.3, 0.4) is 0 Å². The number of carboxylic acids is 1. The number of anilines is 2. The van der Waals surface area contributed by atoms with Crippen molar-refractivity contribution in [2.75, 3.05) is 19.0 Å². The van der Waals surface area contributed by atoms with E-state index >= 15 is 0 Å². The largest absolute Gasteiger partial charge is 0.550 e. The van der Waals surface area contributed by atoms with Crippen molar-refractivity contribution in [1.29, 1.82) is 0 Å². The number of thiazole rings is 1. The lowest BCUT2D eigenvalue weighted by molar-refractivity contribution is -0.304. The molecule has 7 nitrogen and oxygen atoms in total. The van der Waals surface area contributed by atoms with Crippen LogP contribution in [0, 0.1) is 0 Å². The molecule has 0 fully saturated rings. The van der Waals surface area contributed by atoms with Gasteiger partial charge in [0.2, 0.25) is 0 Å². The van der Waals surface area contributed by atoms with Crippen LogP contribution < -0.4 is 15.2 Å². The van der Waals surface area contributed by atoms with Gasteiger partial charge >= 0.3 is 5.97 Å². The second-order valence-electron chi connectivity index (χ2n) is 5.99. The van der Waals surface area contributed by atoms with E-state index in [1.165, 1.54) is 18.4 Å². The topological polar surface area (TPSA) is 101 Å². The first-order chi connectivity index (χ1) is 14.0. The number of carbonyl (C=O) groups excluding carboxylic acids is 2. The summed E-state index contributed by atoms with van der Waals surface area (Å²) in [4.78, 5) is 27.9. The summed E-state index contributed by atoms with van der Waals surface area (Å²) < 4.78 is 10.1. The molecule has 0 spiro atoms. The highest BCUT2D eigenvalue weighted by Crippen LogP contribution is 2.34. The molecule has 0 saturated carbocycles. The van der Waals surface area contributed by atoms with E-state index in [0.717, 1.165) is 11.3 Å². The Morgan fingerprint density at radius 2 is 1.79 bits per heavy atom. The molecule has 1 aromatic heterocycles. The predicted molar refractivity (Wildman–Crippen MR) is 108 cm³/mol. The van der Waals surface area contributed by atoms with Crippen LogP contribution in [0.5, 0.6) is 5.75 Å². The van der Waals surface area contributed by atoms with Gasteiger partial charge in [0.15, 0.2) is 5.13 Å². The highest BCUT2D eigenvalue weighted by atomic mass is 32.1. The molecule has 29 heavy (non-hydrogen) atoms. The fourth-order valence-corrected chi connectivity index (χ4v) is 3.68. The third-order valence-electron chi connectivity index (χ3n) is 4.00. The minimum absolute atomic E-state index is 0.233. The van der Waals surface area contributed by atoms with Crippen LogP contribution in [0.2, 0.25) is 0 Å². The number of rotatable bonds is 8. The molecule has 0 atom stereocenters. The van der Waals surface area contributed by atoms with Gasteiger partial charge in [0, 0.05) is 28.5 Å². The third kappa shape index (κ3) is 5.11. The van der Waals surface area contributed by atoms with E-state index in [1.807, 2.05) is 31.2 Å². The van der Waals surface area contributed by atoms with Crippen molar-refractivity contribution in [2.24, 2.45) is 0 Å². The minimum atomic E-state index is -1.17. The number of hydrogen-bond acceptors (Lipinski definition) is 8. The van der Waals surface area contributed by atoms with Gasteiger partial charge < -0.3 is 24.7 Å². The van der Waals surface area contributed by atoms with Gasteiger partial charge in [-0.1, -0.05) is 0 Å². The molecule has 0 saturated heterocycles. The summed E-state index contributed by atoms with van der Waals surface area (Å²) in [5, 5.41) is 14.9. The summed E-state index contributed by atoms with van der Waals surface area (Å²) in [6.45, 7) is 2.47. The number of benzene rings is 2. The molecular formula is C21H19N2O5S-. The van der Waals surface area contributed by atoms with Gasteiger partial charge in [-0.2, -0.15) is 0 Å². The van der Waals surface area contributed by atoms with E-state index in [4.69, 9.17) is 4.74 Å². The van der Waals surface area contributed by atoms with Gasteiger partial charge in [-0.15, -0.1) is 11.3 Å². The van der Waals surface area contributed by atoms with E-state index in [9.17, 15) is 14.7 Å². The number of ether oxygens (including phenoxy) is 2. The molecule has 3 rings (SSSR count). The maximum atomic E-state index is 11.5. The SMILES string of the molecule is CCOc1ccc(-c2nc(Nc3ccc(C(=O)OC)cc3)sc2CC(=O)[O-])cc1. The molecule has 1 N–H and O–H groups in total. The molecule has 0 amide bonds. The minimum Gasteiger partial charge on any atom is -0.550 e. The molecule has 8 heteroatoms. The molecule has 1 heterocycles. The maximum absolute atomic E-state index is 11.5. The molecule has 2 aromatic carbocycles. The van der Waals surface area contributed by atoms with Crippen LogP contribution >= 0.6 is 11.3 Å². The lowest BCUT2D eigenvalue weighted by Crippen LogP contribution is -2.24. The molecular weight excluding hydrogens is 392 g/mol. The zero-order chi connectivity index (χ0) is 20.8. The predicted octanol–water partition coefficient (Wildman–Crippen LogP) is 3.03. The van der Waals surface area contributed by atoms with Crippen molar-refractivity contribution in [3.8, 4) is 17.0 Å². The third-order valence-corrected chi connectivity index (χ3v) is 4.97. The van der Waals surface area contributed by atoms with Crippen molar-refractivity contribution in [3.63, 3.8) is 0 Å². The number of aliphatic carboxylic acids is 1. The lowest BCUT2D eigenvalue weighted by Gasteiger charge is -2.06. The highest BCUT2D eigenvalue weighted by Gasteiger charge is 2.14. The zero-order valence-electron chi connectivity index (χ0n) is 15.9.